The first-order valence-corrected chi connectivity index (χ1v) is 7.95. The smallest absolute Gasteiger partial charge is 0.243 e. The summed E-state index contributed by atoms with van der Waals surface area (Å²) in [6.45, 7) is -0.0799. The fraction of sp³-hybridized carbons (Fsp3) is 0.263. The number of para-hydroxylation sites is 1. The molecule has 0 unspecified atom stereocenters. The van der Waals surface area contributed by atoms with Crippen molar-refractivity contribution in [1.82, 2.24) is 5.32 Å². The van der Waals surface area contributed by atoms with Gasteiger partial charge in [-0.2, -0.15) is 0 Å². The minimum atomic E-state index is -0.272. The van der Waals surface area contributed by atoms with Gasteiger partial charge in [0.15, 0.2) is 0 Å². The quantitative estimate of drug-likeness (QED) is 0.809. The van der Waals surface area contributed by atoms with Crippen molar-refractivity contribution in [3.05, 3.63) is 54.1 Å². The molecule has 0 bridgehead atoms. The standard InChI is InChI=1S/C19H23N3O3/c1-22(2)16-10-8-15(9-11-16)21-19(24)13-20-18(23)12-14-6-4-5-7-17(14)25-3/h4-11H,12-13H2,1-3H3,(H,20,23)(H,21,24). The highest BCUT2D eigenvalue weighted by Gasteiger charge is 2.10. The Morgan fingerprint density at radius 3 is 2.32 bits per heavy atom. The van der Waals surface area contributed by atoms with Crippen LogP contribution < -0.4 is 20.3 Å². The number of ether oxygens (including phenoxy) is 1. The zero-order chi connectivity index (χ0) is 18.2. The van der Waals surface area contributed by atoms with Gasteiger partial charge in [0.1, 0.15) is 5.75 Å². The van der Waals surface area contributed by atoms with Crippen LogP contribution in [0.2, 0.25) is 0 Å². The molecule has 2 rings (SSSR count). The van der Waals surface area contributed by atoms with Crippen molar-refractivity contribution in [1.29, 1.82) is 0 Å². The maximum absolute atomic E-state index is 12.0. The van der Waals surface area contributed by atoms with E-state index in [0.717, 1.165) is 11.3 Å². The van der Waals surface area contributed by atoms with Gasteiger partial charge in [0, 0.05) is 31.0 Å². The molecule has 0 aliphatic heterocycles. The molecule has 2 aromatic rings. The Hall–Kier alpha value is -3.02. The Balaban J connectivity index is 1.82. The summed E-state index contributed by atoms with van der Waals surface area (Å²) >= 11 is 0. The Bertz CT molecular complexity index is 727. The summed E-state index contributed by atoms with van der Waals surface area (Å²) in [6.07, 6.45) is 0.162. The highest BCUT2D eigenvalue weighted by atomic mass is 16.5. The van der Waals surface area contributed by atoms with E-state index in [2.05, 4.69) is 10.6 Å². The van der Waals surface area contributed by atoms with Crippen LogP contribution in [0.4, 0.5) is 11.4 Å². The van der Waals surface area contributed by atoms with E-state index in [-0.39, 0.29) is 24.8 Å². The molecule has 0 radical (unpaired) electrons. The lowest BCUT2D eigenvalue weighted by Gasteiger charge is -2.13. The van der Waals surface area contributed by atoms with Gasteiger partial charge >= 0.3 is 0 Å². The van der Waals surface area contributed by atoms with E-state index in [1.54, 1.807) is 13.2 Å². The first-order chi connectivity index (χ1) is 12.0. The van der Waals surface area contributed by atoms with Crippen LogP contribution in [-0.2, 0) is 16.0 Å². The zero-order valence-corrected chi connectivity index (χ0v) is 14.7. The molecule has 6 nitrogen and oxygen atoms in total. The molecule has 132 valence electrons. The molecule has 0 saturated heterocycles. The molecular weight excluding hydrogens is 318 g/mol. The number of nitrogens with one attached hydrogen (secondary N) is 2. The lowest BCUT2D eigenvalue weighted by molar-refractivity contribution is -0.123. The molecule has 2 aromatic carbocycles. The van der Waals surface area contributed by atoms with Gasteiger partial charge in [-0.05, 0) is 30.3 Å². The van der Waals surface area contributed by atoms with Crippen molar-refractivity contribution in [2.75, 3.05) is 38.0 Å². The summed E-state index contributed by atoms with van der Waals surface area (Å²) < 4.78 is 5.21. The summed E-state index contributed by atoms with van der Waals surface area (Å²) in [7, 11) is 5.46. The third kappa shape index (κ3) is 5.53. The normalized spacial score (nSPS) is 10.0. The van der Waals surface area contributed by atoms with Crippen LogP contribution in [0.1, 0.15) is 5.56 Å². The number of carbonyl (C=O) groups excluding carboxylic acids is 2. The number of nitrogens with zero attached hydrogens (tertiary/aromatic N) is 1. The first kappa shape index (κ1) is 18.3. The van der Waals surface area contributed by atoms with Gasteiger partial charge in [0.05, 0.1) is 20.1 Å². The number of amides is 2. The summed E-state index contributed by atoms with van der Waals surface area (Å²) in [5, 5.41) is 5.37. The summed E-state index contributed by atoms with van der Waals surface area (Å²) in [5.74, 6) is 0.150. The predicted molar refractivity (Wildman–Crippen MR) is 99.1 cm³/mol. The Morgan fingerprint density at radius 2 is 1.68 bits per heavy atom. The molecular formula is C19H23N3O3. The molecule has 0 aliphatic carbocycles. The maximum atomic E-state index is 12.0. The van der Waals surface area contributed by atoms with Crippen molar-refractivity contribution in [2.24, 2.45) is 0 Å². The lowest BCUT2D eigenvalue weighted by Crippen LogP contribution is -2.33. The van der Waals surface area contributed by atoms with Crippen molar-refractivity contribution in [3.8, 4) is 5.75 Å². The van der Waals surface area contributed by atoms with Crippen molar-refractivity contribution >= 4 is 23.2 Å². The highest BCUT2D eigenvalue weighted by molar-refractivity contribution is 5.94. The zero-order valence-electron chi connectivity index (χ0n) is 14.7. The van der Waals surface area contributed by atoms with E-state index >= 15 is 0 Å². The van der Waals surface area contributed by atoms with E-state index in [9.17, 15) is 9.59 Å². The Kier molecular flexibility index (Phi) is 6.39. The summed E-state index contributed by atoms with van der Waals surface area (Å²) in [6, 6.07) is 14.8. The van der Waals surface area contributed by atoms with E-state index in [4.69, 9.17) is 4.74 Å². The molecule has 6 heteroatoms. The number of anilines is 2. The Morgan fingerprint density at radius 1 is 1.00 bits per heavy atom. The topological polar surface area (TPSA) is 70.7 Å². The van der Waals surface area contributed by atoms with Gasteiger partial charge in [-0.3, -0.25) is 9.59 Å². The third-order valence-electron chi connectivity index (χ3n) is 3.66. The fourth-order valence-corrected chi connectivity index (χ4v) is 2.31. The summed E-state index contributed by atoms with van der Waals surface area (Å²) in [4.78, 5) is 25.9. The van der Waals surface area contributed by atoms with Crippen LogP contribution in [0, 0.1) is 0 Å². The van der Waals surface area contributed by atoms with E-state index < -0.39 is 0 Å². The van der Waals surface area contributed by atoms with Crippen LogP contribution in [0.25, 0.3) is 0 Å². The number of carbonyl (C=O) groups is 2. The first-order valence-electron chi connectivity index (χ1n) is 7.95. The minimum absolute atomic E-state index is 0.0799. The van der Waals surface area contributed by atoms with E-state index in [0.29, 0.717) is 11.4 Å². The van der Waals surface area contributed by atoms with Crippen LogP contribution in [0.15, 0.2) is 48.5 Å². The SMILES string of the molecule is COc1ccccc1CC(=O)NCC(=O)Nc1ccc(N(C)C)cc1. The molecule has 0 fully saturated rings. The molecule has 2 N–H and O–H groups in total. The lowest BCUT2D eigenvalue weighted by atomic mass is 10.1. The molecule has 0 spiro atoms. The summed E-state index contributed by atoms with van der Waals surface area (Å²) in [5.41, 5.74) is 2.51. The van der Waals surface area contributed by atoms with Gasteiger partial charge in [-0.15, -0.1) is 0 Å². The van der Waals surface area contributed by atoms with Crippen molar-refractivity contribution < 1.29 is 14.3 Å². The van der Waals surface area contributed by atoms with Gasteiger partial charge in [-0.1, -0.05) is 18.2 Å². The van der Waals surface area contributed by atoms with E-state index in [1.807, 2.05) is 61.5 Å². The van der Waals surface area contributed by atoms with Crippen LogP contribution >= 0.6 is 0 Å². The van der Waals surface area contributed by atoms with Crippen LogP contribution in [0.3, 0.4) is 0 Å². The maximum Gasteiger partial charge on any atom is 0.243 e. The number of benzene rings is 2. The van der Waals surface area contributed by atoms with Crippen molar-refractivity contribution in [3.63, 3.8) is 0 Å². The minimum Gasteiger partial charge on any atom is -0.496 e. The second-order valence-electron chi connectivity index (χ2n) is 5.75. The second-order valence-corrected chi connectivity index (χ2v) is 5.75. The fourth-order valence-electron chi connectivity index (χ4n) is 2.31. The van der Waals surface area contributed by atoms with Gasteiger partial charge in [0.2, 0.25) is 11.8 Å². The van der Waals surface area contributed by atoms with Crippen molar-refractivity contribution in [2.45, 2.75) is 6.42 Å². The number of rotatable bonds is 7. The molecule has 0 heterocycles. The average Bonchev–Trinajstić information content (AvgIpc) is 2.61. The highest BCUT2D eigenvalue weighted by Crippen LogP contribution is 2.17. The molecule has 0 saturated carbocycles. The predicted octanol–water partition coefficient (Wildman–Crippen LogP) is 2.06. The molecule has 2 amide bonds. The van der Waals surface area contributed by atoms with Crippen LogP contribution in [-0.4, -0.2) is 39.6 Å². The molecule has 0 aromatic heterocycles. The van der Waals surface area contributed by atoms with Gasteiger partial charge < -0.3 is 20.3 Å². The Labute approximate surface area is 147 Å². The number of methoxy groups -OCH3 is 1. The average molecular weight is 341 g/mol. The second kappa shape index (κ2) is 8.73. The molecule has 25 heavy (non-hydrogen) atoms. The number of hydrogen-bond donors (Lipinski definition) is 2. The van der Waals surface area contributed by atoms with Gasteiger partial charge in [-0.25, -0.2) is 0 Å². The largest absolute Gasteiger partial charge is 0.496 e. The molecule has 0 atom stereocenters. The third-order valence-corrected chi connectivity index (χ3v) is 3.66. The number of hydrogen-bond acceptors (Lipinski definition) is 4. The molecule has 0 aliphatic rings. The monoisotopic (exact) mass is 341 g/mol. The van der Waals surface area contributed by atoms with Gasteiger partial charge in [0.25, 0.3) is 0 Å². The van der Waals surface area contributed by atoms with Crippen LogP contribution in [0.5, 0.6) is 5.75 Å². The van der Waals surface area contributed by atoms with E-state index in [1.165, 1.54) is 0 Å².